The van der Waals surface area contributed by atoms with Crippen LogP contribution >= 0.6 is 0 Å². The summed E-state index contributed by atoms with van der Waals surface area (Å²) in [5.41, 5.74) is 0.518. The van der Waals surface area contributed by atoms with Gasteiger partial charge in [-0.25, -0.2) is 0 Å². The van der Waals surface area contributed by atoms with Crippen molar-refractivity contribution in [1.82, 2.24) is 0 Å². The molecule has 0 heterocycles. The van der Waals surface area contributed by atoms with Crippen molar-refractivity contribution in [2.45, 2.75) is 98.8 Å². The molecule has 0 spiro atoms. The Morgan fingerprint density at radius 3 is 1.74 bits per heavy atom. The van der Waals surface area contributed by atoms with Gasteiger partial charge in [0.05, 0.1) is 8.07 Å². The summed E-state index contributed by atoms with van der Waals surface area (Å²) in [6, 6.07) is 4.66. The van der Waals surface area contributed by atoms with Crippen LogP contribution in [-0.2, 0) is 0 Å². The fraction of sp³-hybridized carbons (Fsp3) is 1.00. The van der Waals surface area contributed by atoms with E-state index in [1.807, 2.05) is 0 Å². The topological polar surface area (TPSA) is 0 Å². The van der Waals surface area contributed by atoms with Crippen molar-refractivity contribution in [3.05, 3.63) is 0 Å². The molecule has 1 heteroatoms. The first-order valence-corrected chi connectivity index (χ1v) is 11.7. The molecule has 116 valence electrons. The normalized spacial score (nSPS) is 16.1. The molecular formula is C18H40Si. The Balaban J connectivity index is 4.35. The van der Waals surface area contributed by atoms with Crippen LogP contribution in [0.15, 0.2) is 0 Å². The molecule has 0 aromatic carbocycles. The van der Waals surface area contributed by atoms with Crippen molar-refractivity contribution >= 4 is 8.07 Å². The van der Waals surface area contributed by atoms with E-state index in [2.05, 4.69) is 55.0 Å². The lowest BCUT2D eigenvalue weighted by Gasteiger charge is -2.32. The first-order valence-electron chi connectivity index (χ1n) is 8.54. The molecule has 0 aliphatic carbocycles. The largest absolute Gasteiger partial charge is 0.0691 e. The Hall–Kier alpha value is 0.217. The summed E-state index contributed by atoms with van der Waals surface area (Å²) in [4.78, 5) is 0. The molecule has 0 rings (SSSR count). The fourth-order valence-electron chi connectivity index (χ4n) is 2.63. The van der Waals surface area contributed by atoms with Crippen LogP contribution in [0.4, 0.5) is 0 Å². The van der Waals surface area contributed by atoms with Crippen molar-refractivity contribution in [3.63, 3.8) is 0 Å². The van der Waals surface area contributed by atoms with Crippen LogP contribution in [-0.4, -0.2) is 8.07 Å². The number of hydrogen-bond donors (Lipinski definition) is 0. The second-order valence-electron chi connectivity index (χ2n) is 9.09. The van der Waals surface area contributed by atoms with Gasteiger partial charge in [0.2, 0.25) is 0 Å². The first kappa shape index (κ1) is 19.2. The zero-order valence-electron chi connectivity index (χ0n) is 15.1. The third-order valence-corrected chi connectivity index (χ3v) is 8.88. The van der Waals surface area contributed by atoms with E-state index in [4.69, 9.17) is 0 Å². The van der Waals surface area contributed by atoms with Crippen LogP contribution in [0.25, 0.3) is 0 Å². The molecule has 0 saturated heterocycles. The van der Waals surface area contributed by atoms with E-state index in [-0.39, 0.29) is 0 Å². The van der Waals surface area contributed by atoms with Crippen LogP contribution in [0, 0.1) is 17.3 Å². The molecule has 0 aromatic rings. The molecule has 0 radical (unpaired) electrons. The molecule has 0 aliphatic rings. The molecule has 1 atom stereocenters. The maximum Gasteiger partial charge on any atom is 0.0505 e. The van der Waals surface area contributed by atoms with Gasteiger partial charge in [-0.15, -0.1) is 0 Å². The van der Waals surface area contributed by atoms with Gasteiger partial charge in [-0.1, -0.05) is 98.8 Å². The van der Waals surface area contributed by atoms with E-state index in [1.165, 1.54) is 25.7 Å². The summed E-state index contributed by atoms with van der Waals surface area (Å²) in [6.45, 7) is 19.4. The minimum atomic E-state index is -0.989. The van der Waals surface area contributed by atoms with E-state index < -0.39 is 8.07 Å². The summed E-state index contributed by atoms with van der Waals surface area (Å²) in [7, 11) is -0.989. The number of rotatable bonds is 9. The molecule has 0 aromatic heterocycles. The van der Waals surface area contributed by atoms with Crippen molar-refractivity contribution in [2.24, 2.45) is 17.3 Å². The van der Waals surface area contributed by atoms with Gasteiger partial charge in [0.15, 0.2) is 0 Å². The van der Waals surface area contributed by atoms with E-state index in [0.29, 0.717) is 5.41 Å². The molecule has 0 N–H and O–H groups in total. The molecule has 0 bridgehead atoms. The fourth-order valence-corrected chi connectivity index (χ4v) is 7.06. The van der Waals surface area contributed by atoms with Gasteiger partial charge < -0.3 is 0 Å². The predicted molar refractivity (Wildman–Crippen MR) is 93.6 cm³/mol. The Labute approximate surface area is 124 Å². The minimum Gasteiger partial charge on any atom is -0.0691 e. The summed E-state index contributed by atoms with van der Waals surface area (Å²) < 4.78 is 0. The average molecular weight is 285 g/mol. The summed E-state index contributed by atoms with van der Waals surface area (Å²) in [5, 5.41) is 0. The SMILES string of the molecule is CC(C)CCC[Si](C)(CCC(C)C)CCC(C)(C)C. The van der Waals surface area contributed by atoms with Crippen molar-refractivity contribution in [2.75, 3.05) is 0 Å². The number of hydrogen-bond acceptors (Lipinski definition) is 0. The summed E-state index contributed by atoms with van der Waals surface area (Å²) >= 11 is 0. The minimum absolute atomic E-state index is 0.518. The second-order valence-corrected chi connectivity index (χ2v) is 14.2. The third kappa shape index (κ3) is 11.7. The highest BCUT2D eigenvalue weighted by atomic mass is 28.3. The van der Waals surface area contributed by atoms with Crippen LogP contribution in [0.1, 0.15) is 74.1 Å². The molecule has 0 saturated carbocycles. The molecule has 19 heavy (non-hydrogen) atoms. The zero-order valence-corrected chi connectivity index (χ0v) is 16.1. The van der Waals surface area contributed by atoms with Crippen LogP contribution < -0.4 is 0 Å². The molecule has 1 unspecified atom stereocenters. The molecule has 0 aliphatic heterocycles. The quantitative estimate of drug-likeness (QED) is 0.400. The van der Waals surface area contributed by atoms with Crippen LogP contribution in [0.5, 0.6) is 0 Å². The Morgan fingerprint density at radius 2 is 1.32 bits per heavy atom. The summed E-state index contributed by atoms with van der Waals surface area (Å²) in [6.07, 6.45) is 5.78. The van der Waals surface area contributed by atoms with Crippen molar-refractivity contribution in [3.8, 4) is 0 Å². The highest BCUT2D eigenvalue weighted by Gasteiger charge is 2.28. The van der Waals surface area contributed by atoms with Gasteiger partial charge in [0, 0.05) is 0 Å². The second kappa shape index (κ2) is 8.49. The molecule has 0 amide bonds. The monoisotopic (exact) mass is 284 g/mol. The third-order valence-electron chi connectivity index (χ3n) is 4.37. The van der Waals surface area contributed by atoms with Crippen molar-refractivity contribution < 1.29 is 0 Å². The predicted octanol–water partition coefficient (Wildman–Crippen LogP) is 6.98. The van der Waals surface area contributed by atoms with E-state index in [1.54, 1.807) is 18.1 Å². The Bertz CT molecular complexity index is 224. The Morgan fingerprint density at radius 1 is 0.789 bits per heavy atom. The first-order chi connectivity index (χ1) is 8.54. The highest BCUT2D eigenvalue weighted by Crippen LogP contribution is 2.33. The lowest BCUT2D eigenvalue weighted by molar-refractivity contribution is 0.394. The lowest BCUT2D eigenvalue weighted by atomic mass is 9.94. The van der Waals surface area contributed by atoms with E-state index in [9.17, 15) is 0 Å². The molecule has 0 nitrogen and oxygen atoms in total. The van der Waals surface area contributed by atoms with Gasteiger partial charge in [-0.3, -0.25) is 0 Å². The van der Waals surface area contributed by atoms with Gasteiger partial charge >= 0.3 is 0 Å². The zero-order chi connectivity index (χ0) is 15.1. The van der Waals surface area contributed by atoms with Gasteiger partial charge in [-0.05, 0) is 17.3 Å². The van der Waals surface area contributed by atoms with Gasteiger partial charge in [0.25, 0.3) is 0 Å². The van der Waals surface area contributed by atoms with Gasteiger partial charge in [-0.2, -0.15) is 0 Å². The smallest absolute Gasteiger partial charge is 0.0505 e. The summed E-state index contributed by atoms with van der Waals surface area (Å²) in [5.74, 6) is 1.76. The van der Waals surface area contributed by atoms with Gasteiger partial charge in [0.1, 0.15) is 0 Å². The molecule has 0 fully saturated rings. The van der Waals surface area contributed by atoms with Crippen molar-refractivity contribution in [1.29, 1.82) is 0 Å². The lowest BCUT2D eigenvalue weighted by Crippen LogP contribution is -2.31. The molecular weight excluding hydrogens is 244 g/mol. The van der Waals surface area contributed by atoms with E-state index in [0.717, 1.165) is 11.8 Å². The van der Waals surface area contributed by atoms with Crippen LogP contribution in [0.3, 0.4) is 0 Å². The standard InChI is InChI=1S/C18H40Si/c1-16(2)10-9-13-19(8,14-11-17(3)4)15-12-18(5,6)7/h16-17H,9-15H2,1-8H3. The maximum absolute atomic E-state index is 2.68. The van der Waals surface area contributed by atoms with E-state index >= 15 is 0 Å². The Kier molecular flexibility index (Phi) is 8.59. The van der Waals surface area contributed by atoms with Crippen LogP contribution in [0.2, 0.25) is 24.7 Å². The average Bonchev–Trinajstić information content (AvgIpc) is 2.23. The highest BCUT2D eigenvalue weighted by molar-refractivity contribution is 6.78. The maximum atomic E-state index is 2.68.